The average Bonchev–Trinajstić information content (AvgIpc) is 2.38. The van der Waals surface area contributed by atoms with Gasteiger partial charge in [0.05, 0.1) is 5.92 Å². The van der Waals surface area contributed by atoms with Gasteiger partial charge in [0.1, 0.15) is 0 Å². The molecule has 0 radical (unpaired) electrons. The fourth-order valence-corrected chi connectivity index (χ4v) is 1.37. The predicted octanol–water partition coefficient (Wildman–Crippen LogP) is 0.992. The van der Waals surface area contributed by atoms with Crippen molar-refractivity contribution in [3.8, 4) is 0 Å². The average molecular weight is 251 g/mol. The fourth-order valence-electron chi connectivity index (χ4n) is 1.37. The molecular weight excluding hydrogens is 234 g/mol. The van der Waals surface area contributed by atoms with Crippen molar-refractivity contribution >= 4 is 12.0 Å². The van der Waals surface area contributed by atoms with Crippen LogP contribution < -0.4 is 10.6 Å². The number of carbonyl (C=O) groups is 2. The summed E-state index contributed by atoms with van der Waals surface area (Å²) < 4.78 is 0. The molecule has 0 spiro atoms. The fraction of sp³-hybridized carbons (Fsp3) is 0.417. The van der Waals surface area contributed by atoms with Crippen molar-refractivity contribution in [2.45, 2.75) is 19.9 Å². The zero-order chi connectivity index (χ0) is 13.4. The third-order valence-electron chi connectivity index (χ3n) is 2.53. The van der Waals surface area contributed by atoms with Gasteiger partial charge in [0, 0.05) is 25.5 Å². The van der Waals surface area contributed by atoms with Gasteiger partial charge in [0.15, 0.2) is 0 Å². The van der Waals surface area contributed by atoms with E-state index >= 15 is 0 Å². The topological polar surface area (TPSA) is 91.3 Å². The lowest BCUT2D eigenvalue weighted by molar-refractivity contribution is -0.141. The molecule has 0 saturated heterocycles. The predicted molar refractivity (Wildman–Crippen MR) is 65.9 cm³/mol. The second-order valence-corrected chi connectivity index (χ2v) is 3.87. The van der Waals surface area contributed by atoms with E-state index in [4.69, 9.17) is 5.11 Å². The number of urea groups is 1. The second-order valence-electron chi connectivity index (χ2n) is 3.87. The van der Waals surface area contributed by atoms with Crippen LogP contribution >= 0.6 is 0 Å². The third kappa shape index (κ3) is 4.82. The summed E-state index contributed by atoms with van der Waals surface area (Å²) >= 11 is 0. The van der Waals surface area contributed by atoms with Crippen LogP contribution in [0.2, 0.25) is 0 Å². The first-order chi connectivity index (χ1) is 8.63. The van der Waals surface area contributed by atoms with Gasteiger partial charge in [-0.1, -0.05) is 13.0 Å². The Morgan fingerprint density at radius 2 is 2.22 bits per heavy atom. The highest BCUT2D eigenvalue weighted by molar-refractivity contribution is 5.75. The van der Waals surface area contributed by atoms with E-state index in [-0.39, 0.29) is 12.6 Å². The molecule has 6 heteroatoms. The number of carboxylic acids is 1. The van der Waals surface area contributed by atoms with Gasteiger partial charge in [0.2, 0.25) is 0 Å². The van der Waals surface area contributed by atoms with Gasteiger partial charge < -0.3 is 15.7 Å². The van der Waals surface area contributed by atoms with E-state index in [1.807, 2.05) is 6.07 Å². The summed E-state index contributed by atoms with van der Waals surface area (Å²) in [5.74, 6) is -1.45. The summed E-state index contributed by atoms with van der Waals surface area (Å²) in [6.07, 6.45) is 3.80. The van der Waals surface area contributed by atoms with E-state index in [1.54, 1.807) is 25.4 Å². The lowest BCUT2D eigenvalue weighted by Gasteiger charge is -2.11. The number of hydrogen-bond acceptors (Lipinski definition) is 3. The highest BCUT2D eigenvalue weighted by Gasteiger charge is 2.15. The van der Waals surface area contributed by atoms with Crippen molar-refractivity contribution in [2.24, 2.45) is 5.92 Å². The van der Waals surface area contributed by atoms with Gasteiger partial charge in [-0.25, -0.2) is 4.79 Å². The maximum atomic E-state index is 11.4. The Morgan fingerprint density at radius 3 is 2.78 bits per heavy atom. The zero-order valence-electron chi connectivity index (χ0n) is 10.2. The van der Waals surface area contributed by atoms with Crippen LogP contribution in [0.25, 0.3) is 0 Å². The normalized spacial score (nSPS) is 11.6. The van der Waals surface area contributed by atoms with Crippen LogP contribution in [0.15, 0.2) is 24.5 Å². The van der Waals surface area contributed by atoms with Crippen LogP contribution in [-0.2, 0) is 11.3 Å². The van der Waals surface area contributed by atoms with Gasteiger partial charge in [-0.15, -0.1) is 0 Å². The Labute approximate surface area is 105 Å². The monoisotopic (exact) mass is 251 g/mol. The maximum Gasteiger partial charge on any atom is 0.315 e. The van der Waals surface area contributed by atoms with E-state index in [0.29, 0.717) is 13.0 Å². The molecule has 1 unspecified atom stereocenters. The quantitative estimate of drug-likeness (QED) is 0.703. The number of hydrogen-bond donors (Lipinski definition) is 3. The molecule has 0 aliphatic rings. The highest BCUT2D eigenvalue weighted by Crippen LogP contribution is 2.00. The molecule has 0 aliphatic carbocycles. The lowest BCUT2D eigenvalue weighted by atomic mass is 10.1. The van der Waals surface area contributed by atoms with Gasteiger partial charge in [-0.05, 0) is 18.1 Å². The van der Waals surface area contributed by atoms with Gasteiger partial charge >= 0.3 is 12.0 Å². The molecule has 1 heterocycles. The van der Waals surface area contributed by atoms with Crippen LogP contribution in [0.5, 0.6) is 0 Å². The number of amides is 2. The summed E-state index contributed by atoms with van der Waals surface area (Å²) in [4.78, 5) is 26.1. The molecule has 1 aromatic heterocycles. The molecular formula is C12H17N3O3. The first-order valence-corrected chi connectivity index (χ1v) is 5.77. The van der Waals surface area contributed by atoms with Crippen LogP contribution in [0.1, 0.15) is 18.9 Å². The van der Waals surface area contributed by atoms with Crippen molar-refractivity contribution in [1.82, 2.24) is 15.6 Å². The largest absolute Gasteiger partial charge is 0.481 e. The van der Waals surface area contributed by atoms with E-state index in [0.717, 1.165) is 5.56 Å². The van der Waals surface area contributed by atoms with Crippen molar-refractivity contribution in [2.75, 3.05) is 6.54 Å². The minimum absolute atomic E-state index is 0.130. The smallest absolute Gasteiger partial charge is 0.315 e. The van der Waals surface area contributed by atoms with E-state index in [9.17, 15) is 9.59 Å². The molecule has 0 aromatic carbocycles. The third-order valence-corrected chi connectivity index (χ3v) is 2.53. The molecule has 1 aromatic rings. The summed E-state index contributed by atoms with van der Waals surface area (Å²) in [5, 5.41) is 14.0. The van der Waals surface area contributed by atoms with Gasteiger partial charge in [-0.3, -0.25) is 9.78 Å². The van der Waals surface area contributed by atoms with Crippen LogP contribution in [0, 0.1) is 5.92 Å². The molecule has 18 heavy (non-hydrogen) atoms. The molecule has 0 bridgehead atoms. The number of carboxylic acid groups (broad SMARTS) is 1. The Kier molecular flexibility index (Phi) is 5.63. The molecule has 6 nitrogen and oxygen atoms in total. The number of nitrogens with zero attached hydrogens (tertiary/aromatic N) is 1. The molecule has 98 valence electrons. The summed E-state index contributed by atoms with van der Waals surface area (Å²) in [6.45, 7) is 2.27. The van der Waals surface area contributed by atoms with Gasteiger partial charge in [-0.2, -0.15) is 0 Å². The molecule has 2 amide bonds. The first-order valence-electron chi connectivity index (χ1n) is 5.77. The van der Waals surface area contributed by atoms with Crippen molar-refractivity contribution in [1.29, 1.82) is 0 Å². The van der Waals surface area contributed by atoms with E-state index in [1.165, 1.54) is 0 Å². The summed E-state index contributed by atoms with van der Waals surface area (Å²) in [5.41, 5.74) is 0.887. The standard InChI is InChI=1S/C12H17N3O3/c1-2-10(11(16)17)8-15-12(18)14-7-9-4-3-5-13-6-9/h3-6,10H,2,7-8H2,1H3,(H,16,17)(H2,14,15,18). The Bertz CT molecular complexity index is 395. The highest BCUT2D eigenvalue weighted by atomic mass is 16.4. The molecule has 1 atom stereocenters. The Hall–Kier alpha value is -2.11. The van der Waals surface area contributed by atoms with Crippen LogP contribution in [0.4, 0.5) is 4.79 Å². The van der Waals surface area contributed by atoms with Crippen molar-refractivity contribution < 1.29 is 14.7 Å². The maximum absolute atomic E-state index is 11.4. The van der Waals surface area contributed by atoms with Crippen LogP contribution in [-0.4, -0.2) is 28.6 Å². The minimum atomic E-state index is -0.898. The molecule has 3 N–H and O–H groups in total. The lowest BCUT2D eigenvalue weighted by Crippen LogP contribution is -2.39. The van der Waals surface area contributed by atoms with Gasteiger partial charge in [0.25, 0.3) is 0 Å². The number of pyridine rings is 1. The van der Waals surface area contributed by atoms with Crippen molar-refractivity contribution in [3.05, 3.63) is 30.1 Å². The number of aromatic nitrogens is 1. The molecule has 0 aliphatic heterocycles. The molecule has 0 saturated carbocycles. The first kappa shape index (κ1) is 14.0. The van der Waals surface area contributed by atoms with E-state index in [2.05, 4.69) is 15.6 Å². The van der Waals surface area contributed by atoms with E-state index < -0.39 is 11.9 Å². The Morgan fingerprint density at radius 1 is 1.44 bits per heavy atom. The number of nitrogens with one attached hydrogen (secondary N) is 2. The summed E-state index contributed by atoms with van der Waals surface area (Å²) in [6, 6.07) is 3.25. The number of aliphatic carboxylic acids is 1. The van der Waals surface area contributed by atoms with Crippen LogP contribution in [0.3, 0.4) is 0 Å². The second kappa shape index (κ2) is 7.26. The molecule has 1 rings (SSSR count). The summed E-state index contributed by atoms with van der Waals surface area (Å²) in [7, 11) is 0. The molecule has 0 fully saturated rings. The zero-order valence-corrected chi connectivity index (χ0v) is 10.2. The van der Waals surface area contributed by atoms with Crippen molar-refractivity contribution in [3.63, 3.8) is 0 Å². The number of rotatable bonds is 6. The SMILES string of the molecule is CCC(CNC(=O)NCc1cccnc1)C(=O)O. The number of carbonyl (C=O) groups excluding carboxylic acids is 1. The Balaban J connectivity index is 2.28. The minimum Gasteiger partial charge on any atom is -0.481 e.